The van der Waals surface area contributed by atoms with Gasteiger partial charge in [0.05, 0.1) is 0 Å². The van der Waals surface area contributed by atoms with Crippen molar-refractivity contribution >= 4 is 37.4 Å². The summed E-state index contributed by atoms with van der Waals surface area (Å²) in [5.74, 6) is -0.744. The summed E-state index contributed by atoms with van der Waals surface area (Å²) in [5, 5.41) is 11.6. The lowest BCUT2D eigenvalue weighted by atomic mass is 9.44. The van der Waals surface area contributed by atoms with E-state index in [-0.39, 0.29) is 10.9 Å². The van der Waals surface area contributed by atoms with E-state index in [0.717, 1.165) is 0 Å². The van der Waals surface area contributed by atoms with Crippen LogP contribution in [0.4, 0.5) is 0 Å². The summed E-state index contributed by atoms with van der Waals surface area (Å²) < 4.78 is 0. The molecule has 0 spiro atoms. The molecule has 0 aliphatic rings. The van der Waals surface area contributed by atoms with Crippen molar-refractivity contribution < 1.29 is 9.90 Å². The van der Waals surface area contributed by atoms with Gasteiger partial charge < -0.3 is 10.4 Å². The molecule has 0 radical (unpaired) electrons. The normalized spacial score (nSPS) is 13.8. The molecule has 0 aromatic carbocycles. The third kappa shape index (κ3) is 5.98. The van der Waals surface area contributed by atoms with E-state index in [1.54, 1.807) is 15.7 Å². The van der Waals surface area contributed by atoms with Gasteiger partial charge in [-0.3, -0.25) is 4.79 Å². The quantitative estimate of drug-likeness (QED) is 0.487. The monoisotopic (exact) mass is 207 g/mol. The summed E-state index contributed by atoms with van der Waals surface area (Å²) >= 11 is 0. The first-order valence-electron chi connectivity index (χ1n) is 5.38. The van der Waals surface area contributed by atoms with Gasteiger partial charge in [-0.05, 0) is 32.5 Å². The van der Waals surface area contributed by atoms with Crippen molar-refractivity contribution in [2.45, 2.75) is 43.3 Å². The second kappa shape index (κ2) is 4.28. The van der Waals surface area contributed by atoms with Crippen LogP contribution in [0.5, 0.6) is 0 Å². The Balaban J connectivity index is 4.58. The Hall–Kier alpha value is -0.310. The molecule has 2 N–H and O–H groups in total. The summed E-state index contributed by atoms with van der Waals surface area (Å²) in [4.78, 5) is 11.0. The van der Waals surface area contributed by atoms with Crippen LogP contribution in [-0.2, 0) is 4.79 Å². The summed E-state index contributed by atoms with van der Waals surface area (Å²) in [6, 6.07) is 0. The fraction of sp³-hybridized carbons (Fsp3) is 0.875. The van der Waals surface area contributed by atoms with Crippen LogP contribution in [0, 0.1) is 0 Å². The average Bonchev–Trinajstić information content (AvgIpc) is 1.75. The molecule has 15 heavy (non-hydrogen) atoms. The Labute approximate surface area is 96.4 Å². The smallest absolute Gasteiger partial charge is 0.293 e. The van der Waals surface area contributed by atoms with Crippen LogP contribution in [-0.4, -0.2) is 53.3 Å². The lowest BCUT2D eigenvalue weighted by Crippen LogP contribution is -2.57. The molecule has 0 bridgehead atoms. The Morgan fingerprint density at radius 3 is 1.87 bits per heavy atom. The van der Waals surface area contributed by atoms with E-state index < -0.39 is 11.2 Å². The maximum Gasteiger partial charge on any atom is 0.293 e. The molecule has 0 aliphatic carbocycles. The highest BCUT2D eigenvalue weighted by atomic mass is 16.4. The van der Waals surface area contributed by atoms with Gasteiger partial charge in [-0.2, -0.15) is 0 Å². The standard InChI is InChI=1S/C8H21B4NO2/c1-6(2,3)13-8(11,12)4-7(9,10)5(14)15/h13H,4,9-12H2,1-3H3,(H,14,15). The van der Waals surface area contributed by atoms with Crippen LogP contribution >= 0.6 is 0 Å². The predicted octanol–water partition coefficient (Wildman–Crippen LogP) is -2.85. The van der Waals surface area contributed by atoms with Crippen LogP contribution < -0.4 is 5.32 Å². The second-order valence-electron chi connectivity index (χ2n) is 6.62. The molecule has 0 fully saturated rings. The molecule has 0 saturated carbocycles. The molecule has 0 atom stereocenters. The topological polar surface area (TPSA) is 49.3 Å². The van der Waals surface area contributed by atoms with Gasteiger partial charge in [0, 0.05) is 10.8 Å². The van der Waals surface area contributed by atoms with Crippen molar-refractivity contribution in [2.75, 3.05) is 0 Å². The van der Waals surface area contributed by atoms with Crippen LogP contribution in [0.25, 0.3) is 0 Å². The zero-order valence-electron chi connectivity index (χ0n) is 11.1. The van der Waals surface area contributed by atoms with Crippen LogP contribution in [0.2, 0.25) is 5.21 Å². The molecular formula is C8H21B4NO2. The SMILES string of the molecule is BC(B)(CC(B)(B)C(=O)O)NC(C)(C)C. The first-order chi connectivity index (χ1) is 6.36. The lowest BCUT2D eigenvalue weighted by Gasteiger charge is -2.39. The van der Waals surface area contributed by atoms with Crippen LogP contribution in [0.1, 0.15) is 27.2 Å². The molecule has 0 amide bonds. The minimum Gasteiger partial charge on any atom is -0.482 e. The van der Waals surface area contributed by atoms with E-state index in [4.69, 9.17) is 5.11 Å². The molecule has 0 aromatic heterocycles. The Kier molecular flexibility index (Phi) is 4.19. The zero-order chi connectivity index (χ0) is 12.5. The van der Waals surface area contributed by atoms with Crippen molar-refractivity contribution in [3.63, 3.8) is 0 Å². The maximum atomic E-state index is 11.0. The van der Waals surface area contributed by atoms with E-state index in [1.165, 1.54) is 0 Å². The number of carbonyl (C=O) groups is 1. The van der Waals surface area contributed by atoms with E-state index in [9.17, 15) is 4.79 Å². The van der Waals surface area contributed by atoms with Gasteiger partial charge in [0.15, 0.2) is 0 Å². The Bertz CT molecular complexity index is 248. The molecule has 0 aliphatic heterocycles. The fourth-order valence-electron chi connectivity index (χ4n) is 2.24. The van der Waals surface area contributed by atoms with E-state index in [2.05, 4.69) is 26.1 Å². The summed E-state index contributed by atoms with van der Waals surface area (Å²) in [6.45, 7) is 6.26. The fourth-order valence-corrected chi connectivity index (χ4v) is 2.24. The van der Waals surface area contributed by atoms with E-state index in [1.807, 2.05) is 15.7 Å². The molecule has 0 saturated heterocycles. The summed E-state index contributed by atoms with van der Waals surface area (Å²) in [7, 11) is 7.62. The first-order valence-corrected chi connectivity index (χ1v) is 5.38. The summed E-state index contributed by atoms with van der Waals surface area (Å²) in [5.41, 5.74) is -0.00190. The largest absolute Gasteiger partial charge is 0.482 e. The van der Waals surface area contributed by atoms with Gasteiger partial charge >= 0.3 is 0 Å². The van der Waals surface area contributed by atoms with Gasteiger partial charge in [0.2, 0.25) is 0 Å². The minimum atomic E-state index is -0.744. The minimum absolute atomic E-state index is 0.00190. The molecular weight excluding hydrogens is 185 g/mol. The van der Waals surface area contributed by atoms with Crippen molar-refractivity contribution in [1.29, 1.82) is 0 Å². The lowest BCUT2D eigenvalue weighted by molar-refractivity contribution is -0.138. The maximum absolute atomic E-state index is 11.0. The highest BCUT2D eigenvalue weighted by Crippen LogP contribution is 2.27. The molecule has 0 unspecified atom stereocenters. The summed E-state index contributed by atoms with van der Waals surface area (Å²) in [6.07, 6.45) is 0.604. The van der Waals surface area contributed by atoms with Gasteiger partial charge in [0.1, 0.15) is 31.4 Å². The van der Waals surface area contributed by atoms with E-state index >= 15 is 0 Å². The molecule has 7 heteroatoms. The highest BCUT2D eigenvalue weighted by molar-refractivity contribution is 6.51. The highest BCUT2D eigenvalue weighted by Gasteiger charge is 2.35. The van der Waals surface area contributed by atoms with Gasteiger partial charge in [-0.1, -0.05) is 0 Å². The third-order valence-electron chi connectivity index (χ3n) is 2.18. The molecule has 82 valence electrons. The van der Waals surface area contributed by atoms with Crippen LogP contribution in [0.3, 0.4) is 0 Å². The number of nitrogens with one attached hydrogen (secondary N) is 1. The van der Waals surface area contributed by atoms with Gasteiger partial charge in [-0.25, -0.2) is 0 Å². The van der Waals surface area contributed by atoms with E-state index in [0.29, 0.717) is 6.42 Å². The van der Waals surface area contributed by atoms with Crippen LogP contribution in [0.15, 0.2) is 0 Å². The van der Waals surface area contributed by atoms with Crippen molar-refractivity contribution in [1.82, 2.24) is 5.32 Å². The Morgan fingerprint density at radius 1 is 1.20 bits per heavy atom. The van der Waals surface area contributed by atoms with Gasteiger partial charge in [0.25, 0.3) is 5.97 Å². The molecule has 0 aromatic rings. The number of hydrogen-bond acceptors (Lipinski definition) is 2. The number of carboxylic acid groups (broad SMARTS) is 1. The second-order valence-corrected chi connectivity index (χ2v) is 6.62. The molecule has 0 rings (SSSR count). The predicted molar refractivity (Wildman–Crippen MR) is 74.7 cm³/mol. The van der Waals surface area contributed by atoms with Crippen molar-refractivity contribution in [2.24, 2.45) is 0 Å². The average molecular weight is 207 g/mol. The number of aliphatic carboxylic acids is 1. The van der Waals surface area contributed by atoms with Crippen molar-refractivity contribution in [3.05, 3.63) is 0 Å². The van der Waals surface area contributed by atoms with Gasteiger partial charge in [-0.15, -0.1) is 0 Å². The Morgan fingerprint density at radius 2 is 1.60 bits per heavy atom. The third-order valence-corrected chi connectivity index (χ3v) is 2.18. The number of carboxylic acids is 1. The number of hydrogen-bond donors (Lipinski definition) is 2. The van der Waals surface area contributed by atoms with Crippen molar-refractivity contribution in [3.8, 4) is 0 Å². The zero-order valence-corrected chi connectivity index (χ0v) is 11.1. The molecule has 3 nitrogen and oxygen atoms in total. The first kappa shape index (κ1) is 14.7. The molecule has 0 heterocycles. The number of rotatable bonds is 4.